The molecule has 2 aromatic carbocycles. The predicted molar refractivity (Wildman–Crippen MR) is 86.7 cm³/mol. The quantitative estimate of drug-likeness (QED) is 0.643. The van der Waals surface area contributed by atoms with Crippen LogP contribution in [-0.2, 0) is 0 Å². The van der Waals surface area contributed by atoms with Crippen molar-refractivity contribution in [3.05, 3.63) is 66.3 Å². The van der Waals surface area contributed by atoms with Crippen molar-refractivity contribution in [1.82, 2.24) is 0 Å². The maximum absolute atomic E-state index is 13.3. The molecule has 2 aromatic rings. The molecule has 0 heterocycles. The lowest BCUT2D eigenvalue weighted by molar-refractivity contribution is 0.619. The molecule has 0 bridgehead atoms. The van der Waals surface area contributed by atoms with Gasteiger partial charge in [-0.1, -0.05) is 37.9 Å². The summed E-state index contributed by atoms with van der Waals surface area (Å²) in [5, 5.41) is 0. The Morgan fingerprint density at radius 2 is 1.68 bits per heavy atom. The smallest absolute Gasteiger partial charge is 0.137 e. The van der Waals surface area contributed by atoms with E-state index in [2.05, 4.69) is 47.8 Å². The molecule has 0 amide bonds. The van der Waals surface area contributed by atoms with Gasteiger partial charge in [0.25, 0.3) is 0 Å². The average Bonchev–Trinajstić information content (AvgIpc) is 2.36. The second-order valence-corrected chi connectivity index (χ2v) is 6.84. The molecule has 100 valence electrons. The van der Waals surface area contributed by atoms with E-state index in [0.717, 1.165) is 25.6 Å². The number of nitrogens with two attached hydrogens (primary N) is 1. The Bertz CT molecular complexity index is 628. The Kier molecular flexibility index (Phi) is 4.82. The van der Waals surface area contributed by atoms with Crippen molar-refractivity contribution in [3.63, 3.8) is 0 Å². The van der Waals surface area contributed by atoms with E-state index in [1.54, 1.807) is 12.1 Å². The lowest BCUT2D eigenvalue weighted by atomic mass is 9.99. The third-order valence-electron chi connectivity index (χ3n) is 2.92. The zero-order valence-corrected chi connectivity index (χ0v) is 14.8. The maximum atomic E-state index is 13.3. The van der Waals surface area contributed by atoms with Crippen molar-refractivity contribution < 1.29 is 4.39 Å². The van der Waals surface area contributed by atoms with Crippen molar-refractivity contribution in [2.45, 2.75) is 13.0 Å². The van der Waals surface area contributed by atoms with E-state index in [-0.39, 0.29) is 11.9 Å². The van der Waals surface area contributed by atoms with E-state index in [1.165, 1.54) is 6.07 Å². The van der Waals surface area contributed by atoms with Crippen LogP contribution in [0.3, 0.4) is 0 Å². The van der Waals surface area contributed by atoms with Gasteiger partial charge < -0.3 is 5.73 Å². The van der Waals surface area contributed by atoms with Crippen LogP contribution < -0.4 is 5.73 Å². The molecule has 0 saturated heterocycles. The lowest BCUT2D eigenvalue weighted by Gasteiger charge is -2.16. The predicted octanol–water partition coefficient (Wildman–Crippen LogP) is 5.47. The van der Waals surface area contributed by atoms with Gasteiger partial charge in [-0.3, -0.25) is 0 Å². The van der Waals surface area contributed by atoms with Crippen LogP contribution in [0.25, 0.3) is 0 Å². The zero-order valence-electron chi connectivity index (χ0n) is 10.1. The van der Waals surface area contributed by atoms with Crippen LogP contribution in [0.4, 0.5) is 4.39 Å². The first kappa shape index (κ1) is 15.2. The highest BCUT2D eigenvalue weighted by atomic mass is 79.9. The first-order valence-corrected chi connectivity index (χ1v) is 7.94. The monoisotopic (exact) mass is 449 g/mol. The Labute approximate surface area is 136 Å². The standard InChI is InChI=1S/C14H11Br3FN/c1-7-4-11(16)9(6-10(7)15)14(19)8-2-3-13(18)12(17)5-8/h2-6,14H,19H2,1H3. The molecule has 0 saturated carbocycles. The van der Waals surface area contributed by atoms with Crippen LogP contribution in [0.2, 0.25) is 0 Å². The van der Waals surface area contributed by atoms with Gasteiger partial charge in [-0.2, -0.15) is 0 Å². The zero-order chi connectivity index (χ0) is 14.2. The van der Waals surface area contributed by atoms with Crippen molar-refractivity contribution in [1.29, 1.82) is 0 Å². The maximum Gasteiger partial charge on any atom is 0.137 e. The van der Waals surface area contributed by atoms with Crippen LogP contribution in [0.1, 0.15) is 22.7 Å². The fourth-order valence-corrected chi connectivity index (χ4v) is 3.25. The summed E-state index contributed by atoms with van der Waals surface area (Å²) in [6, 6.07) is 8.50. The number of halogens is 4. The summed E-state index contributed by atoms with van der Waals surface area (Å²) in [6.45, 7) is 2.01. The van der Waals surface area contributed by atoms with Gasteiger partial charge in [0.2, 0.25) is 0 Å². The normalized spacial score (nSPS) is 12.5. The summed E-state index contributed by atoms with van der Waals surface area (Å²) < 4.78 is 15.6. The molecular weight excluding hydrogens is 441 g/mol. The number of aryl methyl sites for hydroxylation is 1. The summed E-state index contributed by atoms with van der Waals surface area (Å²) in [5.74, 6) is -0.292. The van der Waals surface area contributed by atoms with E-state index in [0.29, 0.717) is 4.47 Å². The highest BCUT2D eigenvalue weighted by molar-refractivity contribution is 9.11. The molecule has 2 N–H and O–H groups in total. The van der Waals surface area contributed by atoms with Gasteiger partial charge >= 0.3 is 0 Å². The Hall–Kier alpha value is -0.230. The fourth-order valence-electron chi connectivity index (χ4n) is 1.79. The molecule has 0 fully saturated rings. The molecular formula is C14H11Br3FN. The minimum Gasteiger partial charge on any atom is -0.320 e. The molecule has 1 atom stereocenters. The second-order valence-electron chi connectivity index (χ2n) is 4.27. The molecule has 1 nitrogen and oxygen atoms in total. The second kappa shape index (κ2) is 6.04. The van der Waals surface area contributed by atoms with Gasteiger partial charge in [0.1, 0.15) is 5.82 Å². The van der Waals surface area contributed by atoms with E-state index in [1.807, 2.05) is 19.1 Å². The molecule has 2 rings (SSSR count). The average molecular weight is 452 g/mol. The summed E-state index contributed by atoms with van der Waals surface area (Å²) >= 11 is 10.2. The number of hydrogen-bond donors (Lipinski definition) is 1. The Balaban J connectivity index is 2.46. The minimum absolute atomic E-state index is 0.292. The fraction of sp³-hybridized carbons (Fsp3) is 0.143. The van der Waals surface area contributed by atoms with Gasteiger partial charge in [0.05, 0.1) is 10.5 Å². The van der Waals surface area contributed by atoms with E-state index >= 15 is 0 Å². The molecule has 0 radical (unpaired) electrons. The number of benzene rings is 2. The highest BCUT2D eigenvalue weighted by Gasteiger charge is 2.15. The largest absolute Gasteiger partial charge is 0.320 e. The molecule has 0 spiro atoms. The Morgan fingerprint density at radius 3 is 2.32 bits per heavy atom. The van der Waals surface area contributed by atoms with E-state index in [9.17, 15) is 4.39 Å². The first-order chi connectivity index (χ1) is 8.90. The first-order valence-electron chi connectivity index (χ1n) is 5.56. The van der Waals surface area contributed by atoms with Gasteiger partial charge in [-0.05, 0) is 63.8 Å². The summed E-state index contributed by atoms with van der Waals surface area (Å²) in [4.78, 5) is 0. The number of hydrogen-bond acceptors (Lipinski definition) is 1. The van der Waals surface area contributed by atoms with Gasteiger partial charge in [-0.25, -0.2) is 4.39 Å². The highest BCUT2D eigenvalue weighted by Crippen LogP contribution is 2.32. The molecule has 0 aromatic heterocycles. The SMILES string of the molecule is Cc1cc(Br)c(C(N)c2ccc(F)c(Br)c2)cc1Br. The molecule has 0 aliphatic rings. The summed E-state index contributed by atoms with van der Waals surface area (Å²) in [7, 11) is 0. The van der Waals surface area contributed by atoms with Crippen molar-refractivity contribution in [3.8, 4) is 0 Å². The molecule has 1 unspecified atom stereocenters. The molecule has 0 aliphatic heterocycles. The van der Waals surface area contributed by atoms with Gasteiger partial charge in [0.15, 0.2) is 0 Å². The van der Waals surface area contributed by atoms with Crippen molar-refractivity contribution >= 4 is 47.8 Å². The lowest BCUT2D eigenvalue weighted by Crippen LogP contribution is -2.13. The molecule has 19 heavy (non-hydrogen) atoms. The third kappa shape index (κ3) is 3.27. The van der Waals surface area contributed by atoms with Gasteiger partial charge in [0, 0.05) is 8.95 Å². The van der Waals surface area contributed by atoms with Crippen LogP contribution in [0.5, 0.6) is 0 Å². The molecule has 5 heteroatoms. The topological polar surface area (TPSA) is 26.0 Å². The van der Waals surface area contributed by atoms with Crippen LogP contribution in [-0.4, -0.2) is 0 Å². The van der Waals surface area contributed by atoms with Gasteiger partial charge in [-0.15, -0.1) is 0 Å². The van der Waals surface area contributed by atoms with E-state index < -0.39 is 0 Å². The molecule has 0 aliphatic carbocycles. The summed E-state index contributed by atoms with van der Waals surface area (Å²) in [6.07, 6.45) is 0. The third-order valence-corrected chi connectivity index (χ3v) is 5.06. The summed E-state index contributed by atoms with van der Waals surface area (Å²) in [5.41, 5.74) is 9.20. The van der Waals surface area contributed by atoms with E-state index in [4.69, 9.17) is 5.73 Å². The van der Waals surface area contributed by atoms with Crippen LogP contribution in [0, 0.1) is 12.7 Å². The van der Waals surface area contributed by atoms with Crippen LogP contribution >= 0.6 is 47.8 Å². The van der Waals surface area contributed by atoms with Crippen molar-refractivity contribution in [2.24, 2.45) is 5.73 Å². The van der Waals surface area contributed by atoms with Crippen molar-refractivity contribution in [2.75, 3.05) is 0 Å². The Morgan fingerprint density at radius 1 is 1.00 bits per heavy atom. The minimum atomic E-state index is -0.317. The number of rotatable bonds is 2. The van der Waals surface area contributed by atoms with Crippen LogP contribution in [0.15, 0.2) is 43.7 Å².